The third-order valence-electron chi connectivity index (χ3n) is 6.91. The van der Waals surface area contributed by atoms with Gasteiger partial charge in [0.15, 0.2) is 0 Å². The maximum Gasteiger partial charge on any atom is 0.322 e. The SMILES string of the molecule is Cc1cccc(NC(=O)N(CCN2CCCC2)CC(=O)N(Cc2ccc(F)cc2)Cc2cccs2)c1C. The van der Waals surface area contributed by atoms with E-state index < -0.39 is 0 Å². The Morgan fingerprint density at radius 1 is 0.973 bits per heavy atom. The largest absolute Gasteiger partial charge is 0.332 e. The first-order valence-electron chi connectivity index (χ1n) is 12.8. The summed E-state index contributed by atoms with van der Waals surface area (Å²) in [6.07, 6.45) is 2.33. The summed E-state index contributed by atoms with van der Waals surface area (Å²) in [5.74, 6) is -0.452. The van der Waals surface area contributed by atoms with Crippen LogP contribution in [0.2, 0.25) is 0 Å². The van der Waals surface area contributed by atoms with E-state index in [2.05, 4.69) is 10.2 Å². The molecule has 0 saturated carbocycles. The average molecular weight is 523 g/mol. The Labute approximate surface area is 222 Å². The van der Waals surface area contributed by atoms with Crippen molar-refractivity contribution in [1.29, 1.82) is 0 Å². The quantitative estimate of drug-likeness (QED) is 0.374. The fourth-order valence-corrected chi connectivity index (χ4v) is 5.22. The van der Waals surface area contributed by atoms with Gasteiger partial charge in [0.1, 0.15) is 12.4 Å². The Kier molecular flexibility index (Phi) is 9.30. The maximum atomic E-state index is 13.6. The van der Waals surface area contributed by atoms with E-state index in [0.29, 0.717) is 19.6 Å². The molecule has 3 aromatic rings. The first kappa shape index (κ1) is 26.8. The number of carbonyl (C=O) groups is 2. The van der Waals surface area contributed by atoms with Gasteiger partial charge in [-0.2, -0.15) is 0 Å². The molecule has 1 aromatic heterocycles. The van der Waals surface area contributed by atoms with Crippen LogP contribution in [-0.4, -0.2) is 59.4 Å². The number of hydrogen-bond acceptors (Lipinski definition) is 4. The fourth-order valence-electron chi connectivity index (χ4n) is 4.50. The molecule has 196 valence electrons. The van der Waals surface area contributed by atoms with Gasteiger partial charge in [-0.1, -0.05) is 30.3 Å². The lowest BCUT2D eigenvalue weighted by Gasteiger charge is -2.29. The van der Waals surface area contributed by atoms with E-state index in [4.69, 9.17) is 0 Å². The zero-order valence-corrected chi connectivity index (χ0v) is 22.4. The van der Waals surface area contributed by atoms with Gasteiger partial charge >= 0.3 is 6.03 Å². The number of nitrogens with one attached hydrogen (secondary N) is 1. The summed E-state index contributed by atoms with van der Waals surface area (Å²) in [6.45, 7) is 7.99. The summed E-state index contributed by atoms with van der Waals surface area (Å²) in [5, 5.41) is 5.01. The van der Waals surface area contributed by atoms with Gasteiger partial charge in [-0.25, -0.2) is 9.18 Å². The van der Waals surface area contributed by atoms with Crippen LogP contribution in [0.3, 0.4) is 0 Å². The van der Waals surface area contributed by atoms with Crippen LogP contribution in [0.15, 0.2) is 60.0 Å². The van der Waals surface area contributed by atoms with Crippen LogP contribution >= 0.6 is 11.3 Å². The monoisotopic (exact) mass is 522 g/mol. The highest BCUT2D eigenvalue weighted by Crippen LogP contribution is 2.20. The Morgan fingerprint density at radius 3 is 2.43 bits per heavy atom. The zero-order valence-electron chi connectivity index (χ0n) is 21.6. The number of rotatable bonds is 10. The molecule has 2 heterocycles. The minimum absolute atomic E-state index is 0.0306. The average Bonchev–Trinajstić information content (AvgIpc) is 3.60. The molecular weight excluding hydrogens is 487 g/mol. The third-order valence-corrected chi connectivity index (χ3v) is 7.77. The second-order valence-corrected chi connectivity index (χ2v) is 10.6. The first-order valence-corrected chi connectivity index (χ1v) is 13.7. The van der Waals surface area contributed by atoms with Crippen LogP contribution in [-0.2, 0) is 17.9 Å². The summed E-state index contributed by atoms with van der Waals surface area (Å²) >= 11 is 1.59. The van der Waals surface area contributed by atoms with E-state index in [0.717, 1.165) is 46.9 Å². The molecule has 3 amide bonds. The molecule has 0 radical (unpaired) electrons. The van der Waals surface area contributed by atoms with Gasteiger partial charge in [0.2, 0.25) is 5.91 Å². The van der Waals surface area contributed by atoms with Gasteiger partial charge in [-0.3, -0.25) is 4.79 Å². The van der Waals surface area contributed by atoms with Crippen LogP contribution in [0.4, 0.5) is 14.9 Å². The number of amides is 3. The summed E-state index contributed by atoms with van der Waals surface area (Å²) in [4.78, 5) is 33.8. The normalized spacial score (nSPS) is 13.5. The number of benzene rings is 2. The lowest BCUT2D eigenvalue weighted by atomic mass is 10.1. The predicted molar refractivity (Wildman–Crippen MR) is 147 cm³/mol. The number of nitrogens with zero attached hydrogens (tertiary/aromatic N) is 3. The van der Waals surface area contributed by atoms with Gasteiger partial charge in [0.05, 0.1) is 6.54 Å². The van der Waals surface area contributed by atoms with Crippen molar-refractivity contribution in [2.45, 2.75) is 39.8 Å². The highest BCUT2D eigenvalue weighted by molar-refractivity contribution is 7.09. The van der Waals surface area contributed by atoms with Crippen molar-refractivity contribution in [1.82, 2.24) is 14.7 Å². The van der Waals surface area contributed by atoms with Crippen LogP contribution in [0.25, 0.3) is 0 Å². The number of carbonyl (C=O) groups excluding carboxylic acids is 2. The Morgan fingerprint density at radius 2 is 1.73 bits per heavy atom. The zero-order chi connectivity index (χ0) is 26.2. The molecule has 6 nitrogen and oxygen atoms in total. The number of aryl methyl sites for hydroxylation is 1. The summed E-state index contributed by atoms with van der Waals surface area (Å²) in [5.41, 5.74) is 3.70. The van der Waals surface area contributed by atoms with E-state index in [1.165, 1.54) is 25.0 Å². The van der Waals surface area contributed by atoms with Crippen molar-refractivity contribution in [2.24, 2.45) is 0 Å². The van der Waals surface area contributed by atoms with Gasteiger partial charge in [-0.15, -0.1) is 11.3 Å². The highest BCUT2D eigenvalue weighted by atomic mass is 32.1. The predicted octanol–water partition coefficient (Wildman–Crippen LogP) is 5.66. The Hall–Kier alpha value is -3.23. The molecule has 8 heteroatoms. The van der Waals surface area contributed by atoms with Crippen molar-refractivity contribution in [3.8, 4) is 0 Å². The molecular formula is C29H35FN4O2S. The summed E-state index contributed by atoms with van der Waals surface area (Å²) < 4.78 is 13.5. The molecule has 1 N–H and O–H groups in total. The van der Waals surface area contributed by atoms with Crippen LogP contribution < -0.4 is 5.32 Å². The molecule has 2 aromatic carbocycles. The molecule has 4 rings (SSSR count). The second-order valence-electron chi connectivity index (χ2n) is 9.60. The van der Waals surface area contributed by atoms with Gasteiger partial charge in [-0.05, 0) is 86.1 Å². The van der Waals surface area contributed by atoms with E-state index in [9.17, 15) is 14.0 Å². The van der Waals surface area contributed by atoms with Gasteiger partial charge < -0.3 is 20.0 Å². The molecule has 37 heavy (non-hydrogen) atoms. The first-order chi connectivity index (χ1) is 17.9. The van der Waals surface area contributed by atoms with Gasteiger partial charge in [0.25, 0.3) is 0 Å². The minimum atomic E-state index is -0.309. The molecule has 0 bridgehead atoms. The molecule has 0 spiro atoms. The third kappa shape index (κ3) is 7.63. The Balaban J connectivity index is 1.51. The lowest BCUT2D eigenvalue weighted by molar-refractivity contribution is -0.133. The number of likely N-dealkylation sites (tertiary alicyclic amines) is 1. The van der Waals surface area contributed by atoms with Crippen LogP contribution in [0.5, 0.6) is 0 Å². The number of thiophene rings is 1. The van der Waals surface area contributed by atoms with Crippen molar-refractivity contribution in [3.63, 3.8) is 0 Å². The molecule has 1 aliphatic heterocycles. The second kappa shape index (κ2) is 12.8. The highest BCUT2D eigenvalue weighted by Gasteiger charge is 2.24. The topological polar surface area (TPSA) is 55.9 Å². The smallest absolute Gasteiger partial charge is 0.322 e. The summed E-state index contributed by atoms with van der Waals surface area (Å²) in [7, 11) is 0. The number of anilines is 1. The number of hydrogen-bond donors (Lipinski definition) is 1. The van der Waals surface area contributed by atoms with Crippen molar-refractivity contribution in [3.05, 3.63) is 87.4 Å². The number of urea groups is 1. The van der Waals surface area contributed by atoms with E-state index >= 15 is 0 Å². The van der Waals surface area contributed by atoms with Crippen molar-refractivity contribution in [2.75, 3.05) is 38.0 Å². The van der Waals surface area contributed by atoms with E-state index in [1.807, 2.05) is 49.6 Å². The molecule has 0 unspecified atom stereocenters. The van der Waals surface area contributed by atoms with E-state index in [-0.39, 0.29) is 24.3 Å². The number of halogens is 1. The summed E-state index contributed by atoms with van der Waals surface area (Å²) in [6, 6.07) is 15.7. The molecule has 0 atom stereocenters. The lowest BCUT2D eigenvalue weighted by Crippen LogP contribution is -2.46. The van der Waals surface area contributed by atoms with Crippen LogP contribution in [0.1, 0.15) is 34.4 Å². The molecule has 0 aliphatic carbocycles. The van der Waals surface area contributed by atoms with Crippen molar-refractivity contribution < 1.29 is 14.0 Å². The Bertz CT molecular complexity index is 1180. The molecule has 1 aliphatic rings. The van der Waals surface area contributed by atoms with E-state index in [1.54, 1.807) is 33.3 Å². The minimum Gasteiger partial charge on any atom is -0.332 e. The molecule has 1 saturated heterocycles. The van der Waals surface area contributed by atoms with Crippen molar-refractivity contribution >= 4 is 29.0 Å². The van der Waals surface area contributed by atoms with Crippen LogP contribution in [0, 0.1) is 19.7 Å². The fraction of sp³-hybridized carbons (Fsp3) is 0.379. The standard InChI is InChI=1S/C29H35FN4O2S/c1-22-7-5-9-27(23(22)2)31-29(36)33(17-16-32-14-3-4-15-32)21-28(35)34(20-26-8-6-18-37-26)19-24-10-12-25(30)13-11-24/h5-13,18H,3-4,14-17,19-21H2,1-2H3,(H,31,36). The molecule has 1 fully saturated rings. The van der Waals surface area contributed by atoms with Gasteiger partial charge in [0, 0.05) is 30.2 Å². The maximum absolute atomic E-state index is 13.6.